The molecule has 1 atom stereocenters. The lowest BCUT2D eigenvalue weighted by atomic mass is 10.0. The second kappa shape index (κ2) is 6.59. The SMILES string of the molecule is CCCCCc1ccc([C@@H](N)CO)cc1. The van der Waals surface area contributed by atoms with Gasteiger partial charge in [-0.05, 0) is 24.0 Å². The zero-order valence-electron chi connectivity index (χ0n) is 9.45. The van der Waals surface area contributed by atoms with E-state index >= 15 is 0 Å². The highest BCUT2D eigenvalue weighted by Gasteiger charge is 2.03. The van der Waals surface area contributed by atoms with Crippen LogP contribution < -0.4 is 5.73 Å². The molecule has 2 heteroatoms. The summed E-state index contributed by atoms with van der Waals surface area (Å²) in [5.41, 5.74) is 8.09. The second-order valence-electron chi connectivity index (χ2n) is 3.99. The lowest BCUT2D eigenvalue weighted by molar-refractivity contribution is 0.268. The summed E-state index contributed by atoms with van der Waals surface area (Å²) in [6.45, 7) is 2.22. The van der Waals surface area contributed by atoms with Crippen molar-refractivity contribution in [1.82, 2.24) is 0 Å². The van der Waals surface area contributed by atoms with Crippen LogP contribution in [0.15, 0.2) is 24.3 Å². The third kappa shape index (κ3) is 4.02. The lowest BCUT2D eigenvalue weighted by Crippen LogP contribution is -2.14. The van der Waals surface area contributed by atoms with Crippen LogP contribution in [0.4, 0.5) is 0 Å². The van der Waals surface area contributed by atoms with E-state index in [1.807, 2.05) is 12.1 Å². The molecule has 0 spiro atoms. The topological polar surface area (TPSA) is 46.2 Å². The van der Waals surface area contributed by atoms with Gasteiger partial charge in [-0.3, -0.25) is 0 Å². The van der Waals surface area contributed by atoms with Gasteiger partial charge in [-0.2, -0.15) is 0 Å². The standard InChI is InChI=1S/C13H21NO/c1-2-3-4-5-11-6-8-12(9-7-11)13(14)10-15/h6-9,13,15H,2-5,10,14H2,1H3/t13-/m0/s1. The zero-order chi connectivity index (χ0) is 11.1. The summed E-state index contributed by atoms with van der Waals surface area (Å²) in [7, 11) is 0. The molecule has 0 saturated carbocycles. The third-order valence-electron chi connectivity index (χ3n) is 2.67. The second-order valence-corrected chi connectivity index (χ2v) is 3.99. The van der Waals surface area contributed by atoms with Crippen LogP contribution in [0.2, 0.25) is 0 Å². The molecule has 3 N–H and O–H groups in total. The van der Waals surface area contributed by atoms with Gasteiger partial charge < -0.3 is 10.8 Å². The van der Waals surface area contributed by atoms with E-state index in [1.54, 1.807) is 0 Å². The molecule has 0 aromatic heterocycles. The fraction of sp³-hybridized carbons (Fsp3) is 0.538. The highest BCUT2D eigenvalue weighted by Crippen LogP contribution is 2.13. The molecule has 0 aliphatic rings. The Balaban J connectivity index is 2.49. The van der Waals surface area contributed by atoms with Gasteiger partial charge in [0.1, 0.15) is 0 Å². The van der Waals surface area contributed by atoms with Gasteiger partial charge in [-0.25, -0.2) is 0 Å². The van der Waals surface area contributed by atoms with Gasteiger partial charge in [-0.15, -0.1) is 0 Å². The summed E-state index contributed by atoms with van der Waals surface area (Å²) in [5, 5.41) is 8.91. The largest absolute Gasteiger partial charge is 0.394 e. The Labute approximate surface area is 92.1 Å². The third-order valence-corrected chi connectivity index (χ3v) is 2.67. The van der Waals surface area contributed by atoms with Crippen LogP contribution in [0.5, 0.6) is 0 Å². The van der Waals surface area contributed by atoms with Gasteiger partial charge >= 0.3 is 0 Å². The molecule has 15 heavy (non-hydrogen) atoms. The summed E-state index contributed by atoms with van der Waals surface area (Å²) < 4.78 is 0. The first kappa shape index (κ1) is 12.2. The first-order valence-electron chi connectivity index (χ1n) is 5.73. The predicted octanol–water partition coefficient (Wildman–Crippen LogP) is 2.41. The van der Waals surface area contributed by atoms with Crippen molar-refractivity contribution in [3.05, 3.63) is 35.4 Å². The Morgan fingerprint density at radius 3 is 2.40 bits per heavy atom. The normalized spacial score (nSPS) is 12.7. The minimum absolute atomic E-state index is 0.00911. The summed E-state index contributed by atoms with van der Waals surface area (Å²) in [4.78, 5) is 0. The molecule has 1 aromatic carbocycles. The Bertz CT molecular complexity index is 268. The number of aliphatic hydroxyl groups is 1. The minimum atomic E-state index is -0.241. The lowest BCUT2D eigenvalue weighted by Gasteiger charge is -2.09. The van der Waals surface area contributed by atoms with E-state index in [0.29, 0.717) is 0 Å². The zero-order valence-corrected chi connectivity index (χ0v) is 9.45. The highest BCUT2D eigenvalue weighted by molar-refractivity contribution is 5.24. The first-order valence-corrected chi connectivity index (χ1v) is 5.73. The minimum Gasteiger partial charge on any atom is -0.394 e. The molecule has 1 aromatic rings. The quantitative estimate of drug-likeness (QED) is 0.704. The van der Waals surface area contributed by atoms with Crippen LogP contribution in [0, 0.1) is 0 Å². The number of nitrogens with two attached hydrogens (primary N) is 1. The molecule has 0 bridgehead atoms. The summed E-state index contributed by atoms with van der Waals surface area (Å²) in [6, 6.07) is 8.01. The average Bonchev–Trinajstić information content (AvgIpc) is 2.29. The average molecular weight is 207 g/mol. The molecule has 0 aliphatic heterocycles. The van der Waals surface area contributed by atoms with Gasteiger partial charge in [0.15, 0.2) is 0 Å². The van der Waals surface area contributed by atoms with Crippen LogP contribution >= 0.6 is 0 Å². The van der Waals surface area contributed by atoms with Crippen molar-refractivity contribution < 1.29 is 5.11 Å². The molecular weight excluding hydrogens is 186 g/mol. The number of benzene rings is 1. The number of unbranched alkanes of at least 4 members (excludes halogenated alkanes) is 2. The molecule has 0 amide bonds. The maximum absolute atomic E-state index is 8.91. The number of aryl methyl sites for hydroxylation is 1. The first-order chi connectivity index (χ1) is 7.27. The van der Waals surface area contributed by atoms with E-state index in [0.717, 1.165) is 12.0 Å². The summed E-state index contributed by atoms with van der Waals surface area (Å²) >= 11 is 0. The van der Waals surface area contributed by atoms with Crippen LogP contribution in [0.1, 0.15) is 43.4 Å². The summed E-state index contributed by atoms with van der Waals surface area (Å²) in [5.74, 6) is 0. The van der Waals surface area contributed by atoms with Gasteiger partial charge in [0.2, 0.25) is 0 Å². The number of rotatable bonds is 6. The van der Waals surface area contributed by atoms with Gasteiger partial charge in [0.25, 0.3) is 0 Å². The van der Waals surface area contributed by atoms with E-state index in [2.05, 4.69) is 19.1 Å². The van der Waals surface area contributed by atoms with Gasteiger partial charge in [-0.1, -0.05) is 44.0 Å². The molecule has 0 radical (unpaired) electrons. The molecule has 0 saturated heterocycles. The molecular formula is C13H21NO. The maximum Gasteiger partial charge on any atom is 0.0624 e. The predicted molar refractivity (Wildman–Crippen MR) is 63.7 cm³/mol. The van der Waals surface area contributed by atoms with Crippen LogP contribution in [0.25, 0.3) is 0 Å². The van der Waals surface area contributed by atoms with Crippen molar-refractivity contribution in [3.8, 4) is 0 Å². The molecule has 0 aliphatic carbocycles. The van der Waals surface area contributed by atoms with Crippen molar-refractivity contribution in [2.24, 2.45) is 5.73 Å². The smallest absolute Gasteiger partial charge is 0.0624 e. The molecule has 0 unspecified atom stereocenters. The van der Waals surface area contributed by atoms with Crippen molar-refractivity contribution in [2.45, 2.75) is 38.6 Å². The van der Waals surface area contributed by atoms with E-state index in [9.17, 15) is 0 Å². The number of hydrogen-bond acceptors (Lipinski definition) is 2. The van der Waals surface area contributed by atoms with Gasteiger partial charge in [0, 0.05) is 0 Å². The molecule has 84 valence electrons. The number of aliphatic hydroxyl groups excluding tert-OH is 1. The van der Waals surface area contributed by atoms with Crippen LogP contribution in [-0.4, -0.2) is 11.7 Å². The molecule has 1 rings (SSSR count). The van der Waals surface area contributed by atoms with E-state index in [-0.39, 0.29) is 12.6 Å². The number of hydrogen-bond donors (Lipinski definition) is 2. The fourth-order valence-electron chi connectivity index (χ4n) is 1.62. The van der Waals surface area contributed by atoms with E-state index < -0.39 is 0 Å². The molecule has 0 heterocycles. The Morgan fingerprint density at radius 1 is 1.20 bits per heavy atom. The van der Waals surface area contributed by atoms with Gasteiger partial charge in [0.05, 0.1) is 12.6 Å². The van der Waals surface area contributed by atoms with Crippen molar-refractivity contribution in [1.29, 1.82) is 0 Å². The van der Waals surface area contributed by atoms with Crippen LogP contribution in [-0.2, 0) is 6.42 Å². The van der Waals surface area contributed by atoms with E-state index in [4.69, 9.17) is 10.8 Å². The summed E-state index contributed by atoms with van der Waals surface area (Å²) in [6.07, 6.45) is 4.94. The molecule has 0 fully saturated rings. The van der Waals surface area contributed by atoms with Crippen molar-refractivity contribution >= 4 is 0 Å². The monoisotopic (exact) mass is 207 g/mol. The highest BCUT2D eigenvalue weighted by atomic mass is 16.3. The van der Waals surface area contributed by atoms with Crippen molar-refractivity contribution in [3.63, 3.8) is 0 Å². The Hall–Kier alpha value is -0.860. The Kier molecular flexibility index (Phi) is 5.37. The Morgan fingerprint density at radius 2 is 1.87 bits per heavy atom. The fourth-order valence-corrected chi connectivity index (χ4v) is 1.62. The maximum atomic E-state index is 8.91. The van der Waals surface area contributed by atoms with E-state index in [1.165, 1.54) is 24.8 Å². The molecule has 2 nitrogen and oxygen atoms in total. The van der Waals surface area contributed by atoms with Crippen LogP contribution in [0.3, 0.4) is 0 Å². The van der Waals surface area contributed by atoms with Crippen molar-refractivity contribution in [2.75, 3.05) is 6.61 Å².